The van der Waals surface area contributed by atoms with E-state index in [-0.39, 0.29) is 11.3 Å². The predicted octanol–water partition coefficient (Wildman–Crippen LogP) is 3.50. The maximum absolute atomic E-state index is 12.4. The van der Waals surface area contributed by atoms with Crippen molar-refractivity contribution in [2.24, 2.45) is 0 Å². The van der Waals surface area contributed by atoms with Crippen LogP contribution in [0.25, 0.3) is 0 Å². The molecule has 0 aliphatic carbocycles. The highest BCUT2D eigenvalue weighted by molar-refractivity contribution is 8.00. The lowest BCUT2D eigenvalue weighted by molar-refractivity contribution is -0.128. The van der Waals surface area contributed by atoms with Crippen LogP contribution in [0.15, 0.2) is 60.8 Å². The number of amides is 1. The van der Waals surface area contributed by atoms with Gasteiger partial charge in [0.15, 0.2) is 0 Å². The Bertz CT molecular complexity index is 927. The molecule has 0 radical (unpaired) electrons. The molecule has 1 amide bonds. The summed E-state index contributed by atoms with van der Waals surface area (Å²) in [7, 11) is 0. The fourth-order valence-corrected chi connectivity index (χ4v) is 4.32. The second-order valence-electron chi connectivity index (χ2n) is 6.59. The standard InChI is InChI=1S/C21H22N4O2S/c1-2-27-18-10-8-17(9-11-18)12-24-14-19(22-23-24)21-25(20(26)15-28-21)13-16-6-4-3-5-7-16/h3-11,14,21H,2,12-13,15H2,1H3/t21-/m0/s1. The van der Waals surface area contributed by atoms with Crippen LogP contribution < -0.4 is 4.74 Å². The number of thioether (sulfide) groups is 1. The van der Waals surface area contributed by atoms with E-state index < -0.39 is 0 Å². The van der Waals surface area contributed by atoms with Crippen molar-refractivity contribution in [2.45, 2.75) is 25.4 Å². The molecule has 0 saturated carbocycles. The minimum Gasteiger partial charge on any atom is -0.494 e. The predicted molar refractivity (Wildman–Crippen MR) is 109 cm³/mol. The van der Waals surface area contributed by atoms with Gasteiger partial charge in [-0.05, 0) is 30.2 Å². The molecule has 1 aliphatic rings. The Morgan fingerprint density at radius 2 is 1.82 bits per heavy atom. The van der Waals surface area contributed by atoms with E-state index in [4.69, 9.17) is 4.74 Å². The Morgan fingerprint density at radius 3 is 2.57 bits per heavy atom. The minimum absolute atomic E-state index is 0.0956. The number of carbonyl (C=O) groups is 1. The largest absolute Gasteiger partial charge is 0.494 e. The van der Waals surface area contributed by atoms with Crippen LogP contribution in [0.4, 0.5) is 0 Å². The van der Waals surface area contributed by atoms with E-state index >= 15 is 0 Å². The summed E-state index contributed by atoms with van der Waals surface area (Å²) in [6, 6.07) is 18.0. The quantitative estimate of drug-likeness (QED) is 0.614. The Labute approximate surface area is 168 Å². The highest BCUT2D eigenvalue weighted by Gasteiger charge is 2.34. The van der Waals surface area contributed by atoms with Crippen molar-refractivity contribution in [2.75, 3.05) is 12.4 Å². The van der Waals surface area contributed by atoms with Crippen molar-refractivity contribution in [3.05, 3.63) is 77.6 Å². The van der Waals surface area contributed by atoms with Crippen molar-refractivity contribution in [1.82, 2.24) is 19.9 Å². The number of nitrogens with zero attached hydrogens (tertiary/aromatic N) is 4. The molecule has 28 heavy (non-hydrogen) atoms. The van der Waals surface area contributed by atoms with Crippen LogP contribution in [-0.2, 0) is 17.9 Å². The molecular weight excluding hydrogens is 372 g/mol. The molecule has 2 heterocycles. The third-order valence-corrected chi connectivity index (χ3v) is 5.78. The molecule has 4 rings (SSSR count). The van der Waals surface area contributed by atoms with Gasteiger partial charge in [0, 0.05) is 6.54 Å². The maximum atomic E-state index is 12.4. The highest BCUT2D eigenvalue weighted by atomic mass is 32.2. The van der Waals surface area contributed by atoms with Crippen LogP contribution in [-0.4, -0.2) is 38.2 Å². The zero-order chi connectivity index (χ0) is 19.3. The molecule has 0 unspecified atom stereocenters. The van der Waals surface area contributed by atoms with E-state index in [1.54, 1.807) is 11.8 Å². The second kappa shape index (κ2) is 8.48. The fourth-order valence-electron chi connectivity index (χ4n) is 3.20. The summed E-state index contributed by atoms with van der Waals surface area (Å²) in [6.07, 6.45) is 1.94. The molecule has 7 heteroatoms. The third-order valence-electron chi connectivity index (χ3n) is 4.55. The van der Waals surface area contributed by atoms with E-state index in [9.17, 15) is 4.79 Å². The molecule has 3 aromatic rings. The summed E-state index contributed by atoms with van der Waals surface area (Å²) in [4.78, 5) is 14.3. The first-order valence-corrected chi connectivity index (χ1v) is 10.3. The smallest absolute Gasteiger partial charge is 0.234 e. The Kier molecular flexibility index (Phi) is 5.62. The van der Waals surface area contributed by atoms with Gasteiger partial charge in [-0.3, -0.25) is 4.79 Å². The zero-order valence-corrected chi connectivity index (χ0v) is 16.5. The van der Waals surface area contributed by atoms with Crippen LogP contribution in [0.2, 0.25) is 0 Å². The molecule has 0 N–H and O–H groups in total. The fraction of sp³-hybridized carbons (Fsp3) is 0.286. The molecule has 1 saturated heterocycles. The lowest BCUT2D eigenvalue weighted by atomic mass is 10.2. The topological polar surface area (TPSA) is 60.2 Å². The van der Waals surface area contributed by atoms with Gasteiger partial charge in [-0.25, -0.2) is 4.68 Å². The molecule has 1 atom stereocenters. The molecule has 0 spiro atoms. The summed E-state index contributed by atoms with van der Waals surface area (Å²) >= 11 is 1.60. The van der Waals surface area contributed by atoms with Crippen molar-refractivity contribution < 1.29 is 9.53 Å². The Balaban J connectivity index is 1.46. The van der Waals surface area contributed by atoms with E-state index in [1.165, 1.54) is 0 Å². The van der Waals surface area contributed by atoms with Gasteiger partial charge in [-0.15, -0.1) is 16.9 Å². The van der Waals surface area contributed by atoms with Crippen LogP contribution in [0.1, 0.15) is 29.1 Å². The minimum atomic E-state index is -0.0956. The van der Waals surface area contributed by atoms with E-state index in [2.05, 4.69) is 10.3 Å². The molecule has 1 aromatic heterocycles. The average Bonchev–Trinajstić information content (AvgIpc) is 3.31. The SMILES string of the molecule is CCOc1ccc(Cn2cc([C@@H]3SCC(=O)N3Cc3ccccc3)nn2)cc1. The first-order valence-electron chi connectivity index (χ1n) is 9.29. The molecule has 0 bridgehead atoms. The highest BCUT2D eigenvalue weighted by Crippen LogP contribution is 2.38. The monoisotopic (exact) mass is 394 g/mol. The number of hydrogen-bond acceptors (Lipinski definition) is 5. The number of rotatable bonds is 7. The van der Waals surface area contributed by atoms with Gasteiger partial charge >= 0.3 is 0 Å². The van der Waals surface area contributed by atoms with Gasteiger partial charge in [0.05, 0.1) is 25.1 Å². The number of ether oxygens (including phenoxy) is 1. The third kappa shape index (κ3) is 4.20. The summed E-state index contributed by atoms with van der Waals surface area (Å²) in [5.41, 5.74) is 3.05. The van der Waals surface area contributed by atoms with E-state index in [0.717, 1.165) is 22.6 Å². The van der Waals surface area contributed by atoms with Crippen LogP contribution in [0, 0.1) is 0 Å². The van der Waals surface area contributed by atoms with Gasteiger partial charge in [-0.2, -0.15) is 0 Å². The normalized spacial score (nSPS) is 16.5. The lowest BCUT2D eigenvalue weighted by Crippen LogP contribution is -2.27. The van der Waals surface area contributed by atoms with Gasteiger partial charge in [0.1, 0.15) is 16.8 Å². The Hall–Kier alpha value is -2.80. The second-order valence-corrected chi connectivity index (χ2v) is 7.66. The van der Waals surface area contributed by atoms with Crippen LogP contribution in [0.3, 0.4) is 0 Å². The zero-order valence-electron chi connectivity index (χ0n) is 15.7. The van der Waals surface area contributed by atoms with E-state index in [0.29, 0.717) is 25.4 Å². The number of aromatic nitrogens is 3. The summed E-state index contributed by atoms with van der Waals surface area (Å²) < 4.78 is 7.29. The lowest BCUT2D eigenvalue weighted by Gasteiger charge is -2.22. The van der Waals surface area contributed by atoms with Crippen LogP contribution >= 0.6 is 11.8 Å². The van der Waals surface area contributed by atoms with Gasteiger partial charge in [0.2, 0.25) is 5.91 Å². The number of hydrogen-bond donors (Lipinski definition) is 0. The molecule has 1 aliphatic heterocycles. The summed E-state index contributed by atoms with van der Waals surface area (Å²) in [5, 5.41) is 8.51. The van der Waals surface area contributed by atoms with E-state index in [1.807, 2.05) is 77.3 Å². The number of carbonyl (C=O) groups excluding carboxylic acids is 1. The summed E-state index contributed by atoms with van der Waals surface area (Å²) in [5.74, 6) is 1.48. The van der Waals surface area contributed by atoms with Gasteiger partial charge < -0.3 is 9.64 Å². The van der Waals surface area contributed by atoms with Crippen molar-refractivity contribution >= 4 is 17.7 Å². The van der Waals surface area contributed by atoms with Crippen molar-refractivity contribution in [3.63, 3.8) is 0 Å². The first-order chi connectivity index (χ1) is 13.7. The van der Waals surface area contributed by atoms with Crippen LogP contribution in [0.5, 0.6) is 5.75 Å². The van der Waals surface area contributed by atoms with Gasteiger partial charge in [0.25, 0.3) is 0 Å². The molecule has 1 fully saturated rings. The molecular formula is C21H22N4O2S. The van der Waals surface area contributed by atoms with Gasteiger partial charge in [-0.1, -0.05) is 47.7 Å². The molecule has 6 nitrogen and oxygen atoms in total. The average molecular weight is 395 g/mol. The number of benzene rings is 2. The molecule has 2 aromatic carbocycles. The van der Waals surface area contributed by atoms with Crippen molar-refractivity contribution in [1.29, 1.82) is 0 Å². The summed E-state index contributed by atoms with van der Waals surface area (Å²) in [6.45, 7) is 3.84. The first kappa shape index (κ1) is 18.6. The van der Waals surface area contributed by atoms with Crippen molar-refractivity contribution in [3.8, 4) is 5.75 Å². The molecule has 144 valence electrons. The Morgan fingerprint density at radius 1 is 1.07 bits per heavy atom. The maximum Gasteiger partial charge on any atom is 0.234 e.